The molecule has 2 rings (SSSR count). The van der Waals surface area contributed by atoms with Gasteiger partial charge in [0.15, 0.2) is 5.13 Å². The van der Waals surface area contributed by atoms with Crippen molar-refractivity contribution in [3.63, 3.8) is 0 Å². The summed E-state index contributed by atoms with van der Waals surface area (Å²) in [6.45, 7) is 0. The number of nitrogens with one attached hydrogen (secondary N) is 1. The van der Waals surface area contributed by atoms with E-state index in [9.17, 15) is 9.59 Å². The number of hydrogen-bond donors (Lipinski definition) is 1. The SMILES string of the molecule is Cn1c(C(=O)Nc2nccs2)cccc1=O. The summed E-state index contributed by atoms with van der Waals surface area (Å²) in [6, 6.07) is 4.55. The zero-order valence-electron chi connectivity index (χ0n) is 8.51. The van der Waals surface area contributed by atoms with Crippen LogP contribution in [0.5, 0.6) is 0 Å². The lowest BCUT2D eigenvalue weighted by Crippen LogP contribution is -2.25. The van der Waals surface area contributed by atoms with E-state index in [-0.39, 0.29) is 11.5 Å². The van der Waals surface area contributed by atoms with Gasteiger partial charge in [0.2, 0.25) is 0 Å². The number of aromatic nitrogens is 2. The van der Waals surface area contributed by atoms with Gasteiger partial charge in [-0.25, -0.2) is 4.98 Å². The van der Waals surface area contributed by atoms with Crippen LogP contribution >= 0.6 is 11.3 Å². The Labute approximate surface area is 95.4 Å². The Hall–Kier alpha value is -1.95. The van der Waals surface area contributed by atoms with E-state index in [0.717, 1.165) is 0 Å². The van der Waals surface area contributed by atoms with Crippen LogP contribution in [-0.4, -0.2) is 15.5 Å². The summed E-state index contributed by atoms with van der Waals surface area (Å²) >= 11 is 1.33. The van der Waals surface area contributed by atoms with Crippen LogP contribution in [0, 0.1) is 0 Å². The topological polar surface area (TPSA) is 64.0 Å². The Morgan fingerprint density at radius 3 is 3.00 bits per heavy atom. The van der Waals surface area contributed by atoms with E-state index in [2.05, 4.69) is 10.3 Å². The van der Waals surface area contributed by atoms with Gasteiger partial charge >= 0.3 is 0 Å². The molecule has 5 nitrogen and oxygen atoms in total. The number of carbonyl (C=O) groups is 1. The standard InChI is InChI=1S/C10H9N3O2S/c1-13-7(3-2-4-8(13)14)9(15)12-10-11-5-6-16-10/h2-6H,1H3,(H,11,12,15). The molecule has 0 aliphatic rings. The number of carbonyl (C=O) groups excluding carboxylic acids is 1. The van der Waals surface area contributed by atoms with Crippen molar-refractivity contribution in [1.29, 1.82) is 0 Å². The van der Waals surface area contributed by atoms with Crippen LogP contribution in [0.3, 0.4) is 0 Å². The normalized spacial score (nSPS) is 10.1. The molecule has 1 amide bonds. The van der Waals surface area contributed by atoms with Crippen LogP contribution < -0.4 is 10.9 Å². The molecule has 0 bridgehead atoms. The molecule has 0 aromatic carbocycles. The molecule has 0 saturated heterocycles. The minimum Gasteiger partial charge on any atom is -0.307 e. The Morgan fingerprint density at radius 2 is 2.31 bits per heavy atom. The van der Waals surface area contributed by atoms with Crippen LogP contribution in [0.2, 0.25) is 0 Å². The van der Waals surface area contributed by atoms with Gasteiger partial charge in [0.25, 0.3) is 11.5 Å². The minimum absolute atomic E-state index is 0.216. The first-order valence-electron chi connectivity index (χ1n) is 4.55. The molecular formula is C10H9N3O2S. The maximum absolute atomic E-state index is 11.8. The van der Waals surface area contributed by atoms with Gasteiger partial charge in [-0.2, -0.15) is 0 Å². The summed E-state index contributed by atoms with van der Waals surface area (Å²) in [7, 11) is 1.55. The zero-order valence-corrected chi connectivity index (χ0v) is 9.32. The monoisotopic (exact) mass is 235 g/mol. The van der Waals surface area contributed by atoms with Crippen molar-refractivity contribution < 1.29 is 4.79 Å². The van der Waals surface area contributed by atoms with Gasteiger partial charge < -0.3 is 4.57 Å². The Morgan fingerprint density at radius 1 is 1.50 bits per heavy atom. The molecule has 0 radical (unpaired) electrons. The summed E-state index contributed by atoms with van der Waals surface area (Å²) in [5.74, 6) is -0.338. The third kappa shape index (κ3) is 2.01. The minimum atomic E-state index is -0.338. The molecule has 0 fully saturated rings. The molecule has 2 aromatic rings. The molecule has 16 heavy (non-hydrogen) atoms. The van der Waals surface area contributed by atoms with Crippen molar-refractivity contribution >= 4 is 22.4 Å². The van der Waals surface area contributed by atoms with Crippen LogP contribution in [0.25, 0.3) is 0 Å². The van der Waals surface area contributed by atoms with Gasteiger partial charge in [0.05, 0.1) is 0 Å². The maximum Gasteiger partial charge on any atom is 0.274 e. The molecule has 82 valence electrons. The number of amides is 1. The number of nitrogens with zero attached hydrogens (tertiary/aromatic N) is 2. The highest BCUT2D eigenvalue weighted by molar-refractivity contribution is 7.13. The highest BCUT2D eigenvalue weighted by Gasteiger charge is 2.10. The Balaban J connectivity index is 2.28. The fraction of sp³-hybridized carbons (Fsp3) is 0.100. The van der Waals surface area contributed by atoms with Crippen molar-refractivity contribution in [1.82, 2.24) is 9.55 Å². The third-order valence-corrected chi connectivity index (χ3v) is 2.76. The van der Waals surface area contributed by atoms with Gasteiger partial charge in [-0.1, -0.05) is 6.07 Å². The molecule has 0 atom stereocenters. The van der Waals surface area contributed by atoms with E-state index in [1.165, 1.54) is 22.0 Å². The average Bonchev–Trinajstić information content (AvgIpc) is 2.74. The van der Waals surface area contributed by atoms with Gasteiger partial charge in [-0.05, 0) is 6.07 Å². The Kier molecular flexibility index (Phi) is 2.82. The summed E-state index contributed by atoms with van der Waals surface area (Å²) in [4.78, 5) is 27.0. The van der Waals surface area contributed by atoms with Crippen molar-refractivity contribution in [3.8, 4) is 0 Å². The van der Waals surface area contributed by atoms with Gasteiger partial charge in [0.1, 0.15) is 5.69 Å². The molecule has 1 N–H and O–H groups in total. The zero-order chi connectivity index (χ0) is 11.5. The maximum atomic E-state index is 11.8. The molecule has 0 saturated carbocycles. The lowest BCUT2D eigenvalue weighted by Gasteiger charge is -2.06. The molecule has 0 unspecified atom stereocenters. The van der Waals surface area contributed by atoms with Gasteiger partial charge in [-0.15, -0.1) is 11.3 Å². The van der Waals surface area contributed by atoms with E-state index in [1.807, 2.05) is 0 Å². The highest BCUT2D eigenvalue weighted by atomic mass is 32.1. The van der Waals surface area contributed by atoms with E-state index < -0.39 is 0 Å². The fourth-order valence-electron chi connectivity index (χ4n) is 1.24. The molecule has 0 aliphatic heterocycles. The number of hydrogen-bond acceptors (Lipinski definition) is 4. The summed E-state index contributed by atoms with van der Waals surface area (Å²) in [6.07, 6.45) is 1.60. The molecule has 2 aromatic heterocycles. The predicted molar refractivity (Wildman–Crippen MR) is 61.8 cm³/mol. The van der Waals surface area contributed by atoms with E-state index in [0.29, 0.717) is 10.8 Å². The second-order valence-corrected chi connectivity index (χ2v) is 3.99. The largest absolute Gasteiger partial charge is 0.307 e. The predicted octanol–water partition coefficient (Wildman–Crippen LogP) is 1.09. The molecule has 0 spiro atoms. The van der Waals surface area contributed by atoms with Crippen LogP contribution in [0.15, 0.2) is 34.6 Å². The molecule has 0 aliphatic carbocycles. The van der Waals surface area contributed by atoms with E-state index in [1.54, 1.807) is 30.8 Å². The lowest BCUT2D eigenvalue weighted by molar-refractivity contribution is 0.101. The van der Waals surface area contributed by atoms with Crippen molar-refractivity contribution in [2.75, 3.05) is 5.32 Å². The van der Waals surface area contributed by atoms with Crippen molar-refractivity contribution in [2.45, 2.75) is 0 Å². The first-order valence-corrected chi connectivity index (χ1v) is 5.43. The average molecular weight is 235 g/mol. The highest BCUT2D eigenvalue weighted by Crippen LogP contribution is 2.11. The summed E-state index contributed by atoms with van der Waals surface area (Å²) in [5.41, 5.74) is 0.0921. The first-order chi connectivity index (χ1) is 7.68. The Bertz CT molecular complexity index is 560. The summed E-state index contributed by atoms with van der Waals surface area (Å²) in [5, 5.41) is 4.89. The smallest absolute Gasteiger partial charge is 0.274 e. The second kappa shape index (κ2) is 4.28. The molecule has 2 heterocycles. The fourth-order valence-corrected chi connectivity index (χ4v) is 1.76. The third-order valence-electron chi connectivity index (χ3n) is 2.07. The number of anilines is 1. The van der Waals surface area contributed by atoms with Crippen LogP contribution in [0.1, 0.15) is 10.5 Å². The number of pyridine rings is 1. The van der Waals surface area contributed by atoms with Crippen LogP contribution in [-0.2, 0) is 7.05 Å². The van der Waals surface area contributed by atoms with Crippen LogP contribution in [0.4, 0.5) is 5.13 Å². The molecule has 6 heteroatoms. The first kappa shape index (κ1) is 10.6. The van der Waals surface area contributed by atoms with Crippen molar-refractivity contribution in [3.05, 3.63) is 45.8 Å². The van der Waals surface area contributed by atoms with Crippen molar-refractivity contribution in [2.24, 2.45) is 7.05 Å². The quantitative estimate of drug-likeness (QED) is 0.847. The lowest BCUT2D eigenvalue weighted by atomic mass is 10.3. The van der Waals surface area contributed by atoms with E-state index in [4.69, 9.17) is 0 Å². The molecular weight excluding hydrogens is 226 g/mol. The summed E-state index contributed by atoms with van der Waals surface area (Å²) < 4.78 is 1.29. The van der Waals surface area contributed by atoms with Gasteiger partial charge in [-0.3, -0.25) is 14.9 Å². The van der Waals surface area contributed by atoms with Gasteiger partial charge in [0, 0.05) is 24.7 Å². The number of rotatable bonds is 2. The van der Waals surface area contributed by atoms with E-state index >= 15 is 0 Å². The second-order valence-electron chi connectivity index (χ2n) is 3.10. The number of thiazole rings is 1.